The molecule has 0 aromatic carbocycles. The summed E-state index contributed by atoms with van der Waals surface area (Å²) in [7, 11) is -1.92. The molecule has 0 radical (unpaired) electrons. The molecule has 0 aromatic rings. The van der Waals surface area contributed by atoms with Crippen molar-refractivity contribution in [1.82, 2.24) is 0 Å². The number of esters is 1. The van der Waals surface area contributed by atoms with Crippen LogP contribution in [-0.4, -0.2) is 26.6 Å². The van der Waals surface area contributed by atoms with Gasteiger partial charge in [-0.25, -0.2) is 4.79 Å². The normalized spacial score (nSPS) is 16.5. The maximum Gasteiger partial charge on any atom is 0.330 e. The van der Waals surface area contributed by atoms with Gasteiger partial charge in [-0.3, -0.25) is 0 Å². The molecular formula is C11H22O3Si. The number of rotatable bonds is 7. The highest BCUT2D eigenvalue weighted by Crippen LogP contribution is 2.20. The van der Waals surface area contributed by atoms with Gasteiger partial charge < -0.3 is 9.16 Å². The predicted octanol–water partition coefficient (Wildman–Crippen LogP) is 2.67. The molecule has 0 rings (SSSR count). The van der Waals surface area contributed by atoms with Gasteiger partial charge in [0.1, 0.15) is 5.73 Å². The van der Waals surface area contributed by atoms with E-state index in [0.29, 0.717) is 6.61 Å². The van der Waals surface area contributed by atoms with Crippen LogP contribution in [0.5, 0.6) is 0 Å². The largest absolute Gasteiger partial charge is 0.460 e. The van der Waals surface area contributed by atoms with Crippen molar-refractivity contribution in [2.24, 2.45) is 0 Å². The van der Waals surface area contributed by atoms with Crippen molar-refractivity contribution in [3.05, 3.63) is 12.7 Å². The third-order valence-electron chi connectivity index (χ3n) is 2.54. The van der Waals surface area contributed by atoms with Gasteiger partial charge in [-0.05, 0) is 26.4 Å². The number of hydrogen-bond acceptors (Lipinski definition) is 3. The number of carbonyl (C=O) groups is 1. The first-order chi connectivity index (χ1) is 7.00. The molecule has 4 heteroatoms. The molecule has 2 unspecified atom stereocenters. The third-order valence-corrected chi connectivity index (χ3v) is 6.82. The first-order valence-corrected chi connectivity index (χ1v) is 8.16. The molecule has 0 aromatic heterocycles. The molecule has 2 atom stereocenters. The van der Waals surface area contributed by atoms with E-state index >= 15 is 0 Å². The molecule has 0 amide bonds. The summed E-state index contributed by atoms with van der Waals surface area (Å²) < 4.78 is 11.1. The quantitative estimate of drug-likeness (QED) is 0.383. The van der Waals surface area contributed by atoms with Crippen molar-refractivity contribution < 1.29 is 14.0 Å². The molecule has 3 nitrogen and oxygen atoms in total. The van der Waals surface area contributed by atoms with Crippen LogP contribution in [0.1, 0.15) is 27.2 Å². The zero-order chi connectivity index (χ0) is 11.9. The molecule has 0 bridgehead atoms. The molecular weight excluding hydrogens is 208 g/mol. The fraction of sp³-hybridized carbons (Fsp3) is 0.727. The van der Waals surface area contributed by atoms with Crippen molar-refractivity contribution in [2.75, 3.05) is 6.61 Å². The lowest BCUT2D eigenvalue weighted by atomic mass is 10.6. The van der Waals surface area contributed by atoms with Crippen molar-refractivity contribution in [2.45, 2.75) is 45.5 Å². The van der Waals surface area contributed by atoms with E-state index in [9.17, 15) is 4.79 Å². The van der Waals surface area contributed by atoms with Crippen molar-refractivity contribution in [3.63, 3.8) is 0 Å². The lowest BCUT2D eigenvalue weighted by molar-refractivity contribution is -0.139. The van der Waals surface area contributed by atoms with Crippen LogP contribution in [0, 0.1) is 0 Å². The van der Waals surface area contributed by atoms with Crippen LogP contribution in [0.3, 0.4) is 0 Å². The molecule has 15 heavy (non-hydrogen) atoms. The van der Waals surface area contributed by atoms with E-state index in [0.717, 1.165) is 12.5 Å². The van der Waals surface area contributed by atoms with Gasteiger partial charge in [0.05, 0.1) is 0 Å². The van der Waals surface area contributed by atoms with E-state index in [1.807, 2.05) is 13.8 Å². The van der Waals surface area contributed by atoms with Crippen LogP contribution in [0.15, 0.2) is 12.7 Å². The molecule has 0 aliphatic carbocycles. The fourth-order valence-electron chi connectivity index (χ4n) is 1.57. The minimum Gasteiger partial charge on any atom is -0.460 e. The Morgan fingerprint density at radius 2 is 2.13 bits per heavy atom. The van der Waals surface area contributed by atoms with E-state index in [1.165, 1.54) is 6.08 Å². The van der Waals surface area contributed by atoms with Gasteiger partial charge in [-0.15, -0.1) is 0 Å². The summed E-state index contributed by atoms with van der Waals surface area (Å²) in [6.07, 6.45) is 2.25. The number of carbonyl (C=O) groups excluding carboxylic acids is 1. The number of ether oxygens (including phenoxy) is 1. The summed E-state index contributed by atoms with van der Waals surface area (Å²) >= 11 is 0. The average molecular weight is 230 g/mol. The minimum absolute atomic E-state index is 0.122. The fourth-order valence-corrected chi connectivity index (χ4v) is 4.37. The standard InChI is InChI=1S/C11H22O3Si/c1-6-9-15(5,13-8-3)10(4)14-11(12)7-2/h7,10H,2,6,8-9H2,1,3-5H3. The average Bonchev–Trinajstić information content (AvgIpc) is 2.18. The van der Waals surface area contributed by atoms with Crippen molar-refractivity contribution >= 4 is 14.3 Å². The molecule has 0 fully saturated rings. The van der Waals surface area contributed by atoms with Crippen LogP contribution >= 0.6 is 0 Å². The highest BCUT2D eigenvalue weighted by atomic mass is 28.4. The van der Waals surface area contributed by atoms with E-state index in [1.54, 1.807) is 0 Å². The molecule has 0 spiro atoms. The van der Waals surface area contributed by atoms with Gasteiger partial charge >= 0.3 is 5.97 Å². The Morgan fingerprint density at radius 1 is 1.53 bits per heavy atom. The van der Waals surface area contributed by atoms with Crippen molar-refractivity contribution in [1.29, 1.82) is 0 Å². The Labute approximate surface area is 93.6 Å². The zero-order valence-electron chi connectivity index (χ0n) is 10.2. The summed E-state index contributed by atoms with van der Waals surface area (Å²) in [6, 6.07) is 1.01. The van der Waals surface area contributed by atoms with Crippen LogP contribution in [0.2, 0.25) is 12.6 Å². The Morgan fingerprint density at radius 3 is 2.53 bits per heavy atom. The summed E-state index contributed by atoms with van der Waals surface area (Å²) in [6.45, 7) is 12.2. The predicted molar refractivity (Wildman–Crippen MR) is 64.1 cm³/mol. The SMILES string of the molecule is C=CC(=O)OC(C)[Si](C)(CCC)OCC. The Hall–Kier alpha value is -0.613. The van der Waals surface area contributed by atoms with Crippen LogP contribution < -0.4 is 0 Å². The summed E-state index contributed by atoms with van der Waals surface area (Å²) in [5.41, 5.74) is -0.122. The third kappa shape index (κ3) is 4.62. The van der Waals surface area contributed by atoms with Gasteiger partial charge in [-0.2, -0.15) is 0 Å². The summed E-state index contributed by atoms with van der Waals surface area (Å²) in [4.78, 5) is 11.1. The van der Waals surface area contributed by atoms with Gasteiger partial charge in [-0.1, -0.05) is 19.9 Å². The second kappa shape index (κ2) is 6.79. The molecule has 0 saturated carbocycles. The van der Waals surface area contributed by atoms with Gasteiger partial charge in [0.2, 0.25) is 8.32 Å². The summed E-state index contributed by atoms with van der Waals surface area (Å²) in [5, 5.41) is 0. The van der Waals surface area contributed by atoms with E-state index in [2.05, 4.69) is 20.0 Å². The second-order valence-electron chi connectivity index (χ2n) is 3.78. The van der Waals surface area contributed by atoms with E-state index < -0.39 is 8.32 Å². The van der Waals surface area contributed by atoms with Gasteiger partial charge in [0, 0.05) is 12.7 Å². The zero-order valence-corrected chi connectivity index (χ0v) is 11.2. The molecule has 0 aliphatic heterocycles. The Kier molecular flexibility index (Phi) is 6.52. The summed E-state index contributed by atoms with van der Waals surface area (Å²) in [5.74, 6) is -0.364. The highest BCUT2D eigenvalue weighted by molar-refractivity contribution is 6.73. The number of hydrogen-bond donors (Lipinski definition) is 0. The monoisotopic (exact) mass is 230 g/mol. The van der Waals surface area contributed by atoms with Crippen LogP contribution in [0.4, 0.5) is 0 Å². The maximum absolute atomic E-state index is 11.1. The molecule has 0 saturated heterocycles. The smallest absolute Gasteiger partial charge is 0.330 e. The second-order valence-corrected chi connectivity index (χ2v) is 8.01. The topological polar surface area (TPSA) is 35.5 Å². The minimum atomic E-state index is -1.92. The van der Waals surface area contributed by atoms with Crippen molar-refractivity contribution in [3.8, 4) is 0 Å². The lowest BCUT2D eigenvalue weighted by Crippen LogP contribution is -2.48. The Balaban J connectivity index is 4.45. The lowest BCUT2D eigenvalue weighted by Gasteiger charge is -2.31. The van der Waals surface area contributed by atoms with E-state index in [4.69, 9.17) is 9.16 Å². The maximum atomic E-state index is 11.1. The van der Waals surface area contributed by atoms with Gasteiger partial charge in [0.25, 0.3) is 0 Å². The van der Waals surface area contributed by atoms with Gasteiger partial charge in [0.15, 0.2) is 0 Å². The van der Waals surface area contributed by atoms with Crippen LogP contribution in [-0.2, 0) is 14.0 Å². The molecule has 0 aliphatic rings. The van der Waals surface area contributed by atoms with E-state index in [-0.39, 0.29) is 11.7 Å². The highest BCUT2D eigenvalue weighted by Gasteiger charge is 2.37. The first kappa shape index (κ1) is 14.4. The first-order valence-electron chi connectivity index (χ1n) is 5.47. The van der Waals surface area contributed by atoms with Crippen LogP contribution in [0.25, 0.3) is 0 Å². The molecule has 88 valence electrons. The Bertz CT molecular complexity index is 210. The molecule has 0 N–H and O–H groups in total. The molecule has 0 heterocycles.